The summed E-state index contributed by atoms with van der Waals surface area (Å²) in [5.74, 6) is 10.4. The third-order valence-corrected chi connectivity index (χ3v) is 5.37. The number of hydrogen-bond acceptors (Lipinski definition) is 0. The fourth-order valence-corrected chi connectivity index (χ4v) is 5.08. The van der Waals surface area contributed by atoms with Crippen LogP contribution < -0.4 is 0 Å². The monoisotopic (exact) mass is 202 g/mol. The van der Waals surface area contributed by atoms with Gasteiger partial charge in [-0.1, -0.05) is 12.8 Å². The van der Waals surface area contributed by atoms with Crippen molar-refractivity contribution < 1.29 is 0 Å². The third kappa shape index (κ3) is 1.43. The van der Waals surface area contributed by atoms with Gasteiger partial charge in [-0.05, 0) is 68.6 Å². The van der Waals surface area contributed by atoms with Gasteiger partial charge in [-0.15, -0.1) is 5.92 Å². The van der Waals surface area contributed by atoms with Crippen LogP contribution in [0, 0.1) is 40.9 Å². The molecule has 82 valence electrons. The van der Waals surface area contributed by atoms with E-state index < -0.39 is 0 Å². The van der Waals surface area contributed by atoms with E-state index in [0.717, 1.165) is 17.8 Å². The van der Waals surface area contributed by atoms with Crippen LogP contribution in [0.2, 0.25) is 0 Å². The quantitative estimate of drug-likeness (QED) is 0.566. The van der Waals surface area contributed by atoms with Crippen molar-refractivity contribution in [3.8, 4) is 11.8 Å². The molecule has 4 saturated carbocycles. The predicted octanol–water partition coefficient (Wildman–Crippen LogP) is 3.86. The molecular weight excluding hydrogens is 180 g/mol. The van der Waals surface area contributed by atoms with Crippen molar-refractivity contribution >= 4 is 0 Å². The molecule has 0 heterocycles. The first-order valence-electron chi connectivity index (χ1n) is 6.64. The molecule has 0 radical (unpaired) electrons. The minimum atomic E-state index is 0.637. The Balaban J connectivity index is 1.88. The lowest BCUT2D eigenvalue weighted by Crippen LogP contribution is -2.48. The van der Waals surface area contributed by atoms with Gasteiger partial charge in [0, 0.05) is 5.92 Å². The first-order chi connectivity index (χ1) is 7.22. The van der Waals surface area contributed by atoms with Crippen molar-refractivity contribution in [2.45, 2.75) is 52.4 Å². The molecule has 4 fully saturated rings. The summed E-state index contributed by atoms with van der Waals surface area (Å²) in [6.07, 6.45) is 9.13. The van der Waals surface area contributed by atoms with Gasteiger partial charge in [0.1, 0.15) is 0 Å². The molecule has 0 aromatic rings. The summed E-state index contributed by atoms with van der Waals surface area (Å²) in [7, 11) is 0. The summed E-state index contributed by atoms with van der Waals surface area (Å²) in [6, 6.07) is 0. The normalized spacial score (nSPS) is 48.5. The van der Waals surface area contributed by atoms with Gasteiger partial charge >= 0.3 is 0 Å². The molecule has 0 spiro atoms. The minimum absolute atomic E-state index is 0.637. The van der Waals surface area contributed by atoms with E-state index in [1.165, 1.54) is 19.3 Å². The summed E-state index contributed by atoms with van der Waals surface area (Å²) in [5.41, 5.74) is 0.637. The fourth-order valence-electron chi connectivity index (χ4n) is 5.08. The van der Waals surface area contributed by atoms with Gasteiger partial charge in [0.05, 0.1) is 0 Å². The van der Waals surface area contributed by atoms with Gasteiger partial charge < -0.3 is 0 Å². The lowest BCUT2D eigenvalue weighted by molar-refractivity contribution is -0.0707. The molecule has 4 bridgehead atoms. The molecule has 0 N–H and O–H groups in total. The van der Waals surface area contributed by atoms with E-state index in [2.05, 4.69) is 18.8 Å². The molecule has 15 heavy (non-hydrogen) atoms. The van der Waals surface area contributed by atoms with Crippen LogP contribution in [0.4, 0.5) is 0 Å². The molecule has 0 unspecified atom stereocenters. The lowest BCUT2D eigenvalue weighted by Gasteiger charge is -2.58. The Morgan fingerprint density at radius 3 is 1.87 bits per heavy atom. The maximum atomic E-state index is 3.45. The number of rotatable bonds is 1. The van der Waals surface area contributed by atoms with Crippen molar-refractivity contribution in [1.29, 1.82) is 0 Å². The van der Waals surface area contributed by atoms with Crippen molar-refractivity contribution in [2.24, 2.45) is 29.1 Å². The Morgan fingerprint density at radius 1 is 1.00 bits per heavy atom. The van der Waals surface area contributed by atoms with Crippen LogP contribution in [0.15, 0.2) is 0 Å². The summed E-state index contributed by atoms with van der Waals surface area (Å²) in [5, 5.41) is 0. The second-order valence-corrected chi connectivity index (χ2v) is 6.40. The highest BCUT2D eigenvalue weighted by molar-refractivity contribution is 5.12. The van der Waals surface area contributed by atoms with E-state index >= 15 is 0 Å². The largest absolute Gasteiger partial charge is 0.106 e. The first-order valence-corrected chi connectivity index (χ1v) is 6.64. The molecule has 0 aromatic heterocycles. The Bertz CT molecular complexity index is 279. The van der Waals surface area contributed by atoms with Gasteiger partial charge in [0.15, 0.2) is 0 Å². The highest BCUT2D eigenvalue weighted by Gasteiger charge is 2.52. The van der Waals surface area contributed by atoms with Gasteiger partial charge in [-0.3, -0.25) is 0 Å². The molecule has 4 rings (SSSR count). The zero-order valence-electron chi connectivity index (χ0n) is 10.1. The Morgan fingerprint density at radius 2 is 1.47 bits per heavy atom. The molecule has 0 aromatic carbocycles. The van der Waals surface area contributed by atoms with Crippen LogP contribution in [0.3, 0.4) is 0 Å². The van der Waals surface area contributed by atoms with Gasteiger partial charge in [0.25, 0.3) is 0 Å². The number of hydrogen-bond donors (Lipinski definition) is 0. The smallest absolute Gasteiger partial charge is 0.0231 e. The van der Waals surface area contributed by atoms with Gasteiger partial charge in [-0.2, -0.15) is 0 Å². The molecule has 0 nitrogen and oxygen atoms in total. The highest BCUT2D eigenvalue weighted by atomic mass is 14.6. The van der Waals surface area contributed by atoms with Crippen LogP contribution in [0.1, 0.15) is 52.4 Å². The maximum absolute atomic E-state index is 3.45. The van der Waals surface area contributed by atoms with E-state index in [1.54, 1.807) is 19.3 Å². The molecular formula is C15H22. The summed E-state index contributed by atoms with van der Waals surface area (Å²) < 4.78 is 0. The molecule has 4 aliphatic carbocycles. The zero-order valence-corrected chi connectivity index (χ0v) is 10.1. The second-order valence-electron chi connectivity index (χ2n) is 6.40. The van der Waals surface area contributed by atoms with Crippen molar-refractivity contribution in [2.75, 3.05) is 0 Å². The third-order valence-electron chi connectivity index (χ3n) is 5.37. The van der Waals surface area contributed by atoms with E-state index in [4.69, 9.17) is 0 Å². The average molecular weight is 202 g/mol. The first kappa shape index (κ1) is 9.76. The van der Waals surface area contributed by atoms with Crippen molar-refractivity contribution in [1.82, 2.24) is 0 Å². The SMILES string of the molecule is CC#C[C@@H](C)C12CC3CC(CC(C3)C1)C2. The van der Waals surface area contributed by atoms with E-state index in [0.29, 0.717) is 11.3 Å². The molecule has 0 aliphatic heterocycles. The average Bonchev–Trinajstić information content (AvgIpc) is 2.15. The topological polar surface area (TPSA) is 0 Å². The van der Waals surface area contributed by atoms with Crippen LogP contribution in [-0.2, 0) is 0 Å². The predicted molar refractivity (Wildman–Crippen MR) is 63.2 cm³/mol. The summed E-state index contributed by atoms with van der Waals surface area (Å²) in [4.78, 5) is 0. The van der Waals surface area contributed by atoms with Crippen molar-refractivity contribution in [3.63, 3.8) is 0 Å². The van der Waals surface area contributed by atoms with E-state index in [1.807, 2.05) is 6.92 Å². The Labute approximate surface area is 93.8 Å². The maximum Gasteiger partial charge on any atom is 0.0231 e. The van der Waals surface area contributed by atoms with Crippen molar-refractivity contribution in [3.05, 3.63) is 0 Å². The standard InChI is InChI=1S/C15H22/c1-3-4-11(2)15-8-12-5-13(9-15)7-14(6-12)10-15/h11-14H,5-10H2,1-2H3/t11-,12?,13?,14?,15?/m1/s1. The van der Waals surface area contributed by atoms with Gasteiger partial charge in [-0.25, -0.2) is 0 Å². The van der Waals surface area contributed by atoms with Crippen LogP contribution in [0.5, 0.6) is 0 Å². The second kappa shape index (κ2) is 3.27. The molecule has 0 saturated heterocycles. The van der Waals surface area contributed by atoms with E-state index in [-0.39, 0.29) is 0 Å². The fraction of sp³-hybridized carbons (Fsp3) is 0.867. The summed E-state index contributed by atoms with van der Waals surface area (Å²) >= 11 is 0. The lowest BCUT2D eigenvalue weighted by atomic mass is 9.47. The van der Waals surface area contributed by atoms with E-state index in [9.17, 15) is 0 Å². The Kier molecular flexibility index (Phi) is 2.13. The Hall–Kier alpha value is -0.440. The van der Waals surface area contributed by atoms with Crippen LogP contribution in [-0.4, -0.2) is 0 Å². The summed E-state index contributed by atoms with van der Waals surface area (Å²) in [6.45, 7) is 4.38. The molecule has 0 heteroatoms. The molecule has 1 atom stereocenters. The molecule has 0 amide bonds. The molecule has 4 aliphatic rings. The van der Waals surface area contributed by atoms with Gasteiger partial charge in [0.2, 0.25) is 0 Å². The van der Waals surface area contributed by atoms with Crippen LogP contribution in [0.25, 0.3) is 0 Å². The zero-order chi connectivity index (χ0) is 10.5. The minimum Gasteiger partial charge on any atom is -0.106 e. The van der Waals surface area contributed by atoms with Crippen LogP contribution >= 0.6 is 0 Å². The highest BCUT2D eigenvalue weighted by Crippen LogP contribution is 2.62.